The first-order valence-corrected chi connectivity index (χ1v) is 9.46. The van der Waals surface area contributed by atoms with E-state index in [1.807, 2.05) is 0 Å². The third-order valence-electron chi connectivity index (χ3n) is 7.56. The van der Waals surface area contributed by atoms with Gasteiger partial charge in [-0.25, -0.2) is 0 Å². The standard InChI is InChI=1S/C19H24O4/c20-18(12-8-10-3-4-11(12)7-10)22-16-14-9-13-15(21-14)17(16)23-19(13)5-1-2-6-19/h3-4,10-17H,1-2,5-9H2. The lowest BCUT2D eigenvalue weighted by molar-refractivity contribution is -0.165. The summed E-state index contributed by atoms with van der Waals surface area (Å²) in [7, 11) is 0. The monoisotopic (exact) mass is 316 g/mol. The van der Waals surface area contributed by atoms with Crippen LogP contribution >= 0.6 is 0 Å². The Balaban J connectivity index is 1.21. The van der Waals surface area contributed by atoms with E-state index in [0.29, 0.717) is 17.8 Å². The fourth-order valence-electron chi connectivity index (χ4n) is 6.54. The normalized spacial score (nSPS) is 53.7. The molecule has 4 heteroatoms. The van der Waals surface area contributed by atoms with Gasteiger partial charge >= 0.3 is 5.97 Å². The zero-order chi connectivity index (χ0) is 15.2. The van der Waals surface area contributed by atoms with E-state index < -0.39 is 0 Å². The van der Waals surface area contributed by atoms with Gasteiger partial charge in [0.15, 0.2) is 6.10 Å². The third kappa shape index (κ3) is 1.67. The van der Waals surface area contributed by atoms with Crippen molar-refractivity contribution >= 4 is 5.97 Å². The number of esters is 1. The van der Waals surface area contributed by atoms with Gasteiger partial charge in [0.05, 0.1) is 23.7 Å². The summed E-state index contributed by atoms with van der Waals surface area (Å²) in [6, 6.07) is 0. The maximum Gasteiger partial charge on any atom is 0.310 e. The van der Waals surface area contributed by atoms with Gasteiger partial charge in [-0.1, -0.05) is 25.0 Å². The molecule has 3 heterocycles. The molecule has 0 radical (unpaired) electrons. The molecule has 0 aromatic rings. The first-order valence-electron chi connectivity index (χ1n) is 9.46. The SMILES string of the molecule is O=C(OC1C2CC3C(O2)C1OC31CCCC1)C1CC2C=CC1C2. The molecule has 6 rings (SSSR count). The molecule has 6 aliphatic rings. The van der Waals surface area contributed by atoms with Crippen LogP contribution in [0.2, 0.25) is 0 Å². The average molecular weight is 316 g/mol. The van der Waals surface area contributed by atoms with E-state index in [-0.39, 0.29) is 41.9 Å². The zero-order valence-electron chi connectivity index (χ0n) is 13.4. The highest BCUT2D eigenvalue weighted by atomic mass is 16.6. The molecule has 23 heavy (non-hydrogen) atoms. The molecule has 0 amide bonds. The quantitative estimate of drug-likeness (QED) is 0.580. The second-order valence-corrected chi connectivity index (χ2v) is 8.62. The van der Waals surface area contributed by atoms with E-state index in [0.717, 1.165) is 19.3 Å². The Morgan fingerprint density at radius 1 is 1.09 bits per heavy atom. The predicted octanol–water partition coefficient (Wildman–Crippen LogP) is 2.61. The second-order valence-electron chi connectivity index (χ2n) is 8.62. The number of allylic oxidation sites excluding steroid dienone is 2. The van der Waals surface area contributed by atoms with Crippen molar-refractivity contribution < 1.29 is 19.0 Å². The smallest absolute Gasteiger partial charge is 0.310 e. The molecule has 124 valence electrons. The van der Waals surface area contributed by atoms with Crippen LogP contribution in [0.1, 0.15) is 44.9 Å². The van der Waals surface area contributed by atoms with E-state index in [1.54, 1.807) is 0 Å². The number of ether oxygens (including phenoxy) is 3. The van der Waals surface area contributed by atoms with E-state index in [1.165, 1.54) is 25.7 Å². The van der Waals surface area contributed by atoms with Crippen LogP contribution < -0.4 is 0 Å². The molecule has 0 aromatic heterocycles. The van der Waals surface area contributed by atoms with Gasteiger partial charge in [0.1, 0.15) is 6.10 Å². The molecule has 4 nitrogen and oxygen atoms in total. The molecule has 0 N–H and O–H groups in total. The van der Waals surface area contributed by atoms with Crippen molar-refractivity contribution in [3.05, 3.63) is 12.2 Å². The summed E-state index contributed by atoms with van der Waals surface area (Å²) in [4.78, 5) is 12.7. The molecule has 3 saturated heterocycles. The Labute approximate surface area is 136 Å². The van der Waals surface area contributed by atoms with Gasteiger partial charge in [0.2, 0.25) is 0 Å². The summed E-state index contributed by atoms with van der Waals surface area (Å²) in [6.45, 7) is 0. The van der Waals surface area contributed by atoms with Crippen molar-refractivity contribution in [1.29, 1.82) is 0 Å². The van der Waals surface area contributed by atoms with Gasteiger partial charge in [-0.3, -0.25) is 4.79 Å². The molecule has 8 atom stereocenters. The summed E-state index contributed by atoms with van der Waals surface area (Å²) in [5.74, 6) is 1.62. The van der Waals surface area contributed by atoms with Crippen molar-refractivity contribution in [2.24, 2.45) is 23.7 Å². The van der Waals surface area contributed by atoms with Crippen LogP contribution in [0.4, 0.5) is 0 Å². The molecule has 8 unspecified atom stereocenters. The highest BCUT2D eigenvalue weighted by Crippen LogP contribution is 2.59. The lowest BCUT2D eigenvalue weighted by Crippen LogP contribution is -2.41. The molecule has 1 spiro atoms. The van der Waals surface area contributed by atoms with Crippen LogP contribution in [0.25, 0.3) is 0 Å². The van der Waals surface area contributed by atoms with Crippen molar-refractivity contribution in [1.82, 2.24) is 0 Å². The van der Waals surface area contributed by atoms with Crippen LogP contribution in [0.5, 0.6) is 0 Å². The van der Waals surface area contributed by atoms with Crippen LogP contribution in [0, 0.1) is 23.7 Å². The Morgan fingerprint density at radius 2 is 1.96 bits per heavy atom. The molecular weight excluding hydrogens is 292 g/mol. The minimum absolute atomic E-state index is 0.00415. The average Bonchev–Trinajstić information content (AvgIpc) is 3.35. The number of hydrogen-bond donors (Lipinski definition) is 0. The Kier molecular flexibility index (Phi) is 2.57. The van der Waals surface area contributed by atoms with Crippen molar-refractivity contribution in [2.75, 3.05) is 0 Å². The van der Waals surface area contributed by atoms with Crippen LogP contribution in [-0.2, 0) is 19.0 Å². The second kappa shape index (κ2) is 4.40. The van der Waals surface area contributed by atoms with Crippen LogP contribution in [-0.4, -0.2) is 36.0 Å². The predicted molar refractivity (Wildman–Crippen MR) is 81.6 cm³/mol. The Hall–Kier alpha value is -0.870. The lowest BCUT2D eigenvalue weighted by atomic mass is 9.77. The largest absolute Gasteiger partial charge is 0.456 e. The van der Waals surface area contributed by atoms with Gasteiger partial charge in [-0.2, -0.15) is 0 Å². The number of carbonyl (C=O) groups excluding carboxylic acids is 1. The maximum atomic E-state index is 12.7. The van der Waals surface area contributed by atoms with Crippen molar-refractivity contribution in [3.8, 4) is 0 Å². The highest BCUT2D eigenvalue weighted by Gasteiger charge is 2.69. The first kappa shape index (κ1) is 13.4. The fourth-order valence-corrected chi connectivity index (χ4v) is 6.54. The third-order valence-corrected chi connectivity index (χ3v) is 7.56. The van der Waals surface area contributed by atoms with Gasteiger partial charge in [-0.15, -0.1) is 0 Å². The van der Waals surface area contributed by atoms with Gasteiger partial charge in [-0.05, 0) is 43.9 Å². The van der Waals surface area contributed by atoms with E-state index >= 15 is 0 Å². The Bertz CT molecular complexity index is 578. The molecular formula is C19H24O4. The molecule has 3 aliphatic heterocycles. The van der Waals surface area contributed by atoms with Crippen LogP contribution in [0.15, 0.2) is 12.2 Å². The number of rotatable bonds is 2. The topological polar surface area (TPSA) is 44.8 Å². The molecule has 0 aromatic carbocycles. The van der Waals surface area contributed by atoms with Crippen molar-refractivity contribution in [2.45, 2.75) is 75.0 Å². The van der Waals surface area contributed by atoms with Crippen LogP contribution in [0.3, 0.4) is 0 Å². The first-order chi connectivity index (χ1) is 11.2. The summed E-state index contributed by atoms with van der Waals surface area (Å²) < 4.78 is 18.7. The van der Waals surface area contributed by atoms with E-state index in [2.05, 4.69) is 12.2 Å². The molecule has 5 fully saturated rings. The fraction of sp³-hybridized carbons (Fsp3) is 0.842. The number of hydrogen-bond acceptors (Lipinski definition) is 4. The Morgan fingerprint density at radius 3 is 2.70 bits per heavy atom. The zero-order valence-corrected chi connectivity index (χ0v) is 13.4. The lowest BCUT2D eigenvalue weighted by Gasteiger charge is -2.27. The minimum Gasteiger partial charge on any atom is -0.456 e. The van der Waals surface area contributed by atoms with Crippen molar-refractivity contribution in [3.63, 3.8) is 0 Å². The summed E-state index contributed by atoms with van der Waals surface area (Å²) >= 11 is 0. The number of fused-ring (bicyclic) bond motifs is 4. The maximum absolute atomic E-state index is 12.7. The highest BCUT2D eigenvalue weighted by molar-refractivity contribution is 5.74. The van der Waals surface area contributed by atoms with E-state index in [4.69, 9.17) is 14.2 Å². The summed E-state index contributed by atoms with van der Waals surface area (Å²) in [6.07, 6.45) is 12.6. The minimum atomic E-state index is -0.160. The molecule has 4 bridgehead atoms. The molecule has 2 saturated carbocycles. The molecule has 3 aliphatic carbocycles. The van der Waals surface area contributed by atoms with Gasteiger partial charge < -0.3 is 14.2 Å². The van der Waals surface area contributed by atoms with E-state index in [9.17, 15) is 4.79 Å². The number of carbonyl (C=O) groups is 1. The summed E-state index contributed by atoms with van der Waals surface area (Å²) in [5, 5.41) is 0. The summed E-state index contributed by atoms with van der Waals surface area (Å²) in [5.41, 5.74) is 0.0421. The van der Waals surface area contributed by atoms with Gasteiger partial charge in [0, 0.05) is 5.92 Å². The van der Waals surface area contributed by atoms with Gasteiger partial charge in [0.25, 0.3) is 0 Å².